The smallest absolute Gasteiger partial charge is 0.0502 e. The third-order valence-corrected chi connectivity index (χ3v) is 3.61. The quantitative estimate of drug-likeness (QED) is 0.768. The van der Waals surface area contributed by atoms with Gasteiger partial charge >= 0.3 is 0 Å². The molecule has 0 aromatic heterocycles. The third-order valence-electron chi connectivity index (χ3n) is 3.61. The SMILES string of the molecule is NCC(CO)(Cc1ccccc1)CC1CC1. The monoisotopic (exact) mass is 219 g/mol. The molecule has 1 aliphatic rings. The zero-order chi connectivity index (χ0) is 11.4. The molecule has 0 radical (unpaired) electrons. The summed E-state index contributed by atoms with van der Waals surface area (Å²) in [6.45, 7) is 0.782. The van der Waals surface area contributed by atoms with E-state index in [4.69, 9.17) is 5.73 Å². The Hall–Kier alpha value is -0.860. The lowest BCUT2D eigenvalue weighted by atomic mass is 9.78. The Balaban J connectivity index is 2.06. The lowest BCUT2D eigenvalue weighted by Crippen LogP contribution is -2.37. The van der Waals surface area contributed by atoms with Crippen molar-refractivity contribution in [3.8, 4) is 0 Å². The topological polar surface area (TPSA) is 46.2 Å². The maximum atomic E-state index is 9.63. The van der Waals surface area contributed by atoms with Crippen LogP contribution in [0.15, 0.2) is 30.3 Å². The molecule has 2 nitrogen and oxygen atoms in total. The Kier molecular flexibility index (Phi) is 3.62. The van der Waals surface area contributed by atoms with E-state index in [1.807, 2.05) is 18.2 Å². The van der Waals surface area contributed by atoms with E-state index in [1.165, 1.54) is 18.4 Å². The van der Waals surface area contributed by atoms with Crippen molar-refractivity contribution in [2.75, 3.05) is 13.2 Å². The predicted octanol–water partition coefficient (Wildman–Crippen LogP) is 1.97. The van der Waals surface area contributed by atoms with Gasteiger partial charge in [0.05, 0.1) is 6.61 Å². The van der Waals surface area contributed by atoms with Gasteiger partial charge in [-0.1, -0.05) is 43.2 Å². The summed E-state index contributed by atoms with van der Waals surface area (Å²) in [5.74, 6) is 0.805. The van der Waals surface area contributed by atoms with Crippen LogP contribution < -0.4 is 5.73 Å². The van der Waals surface area contributed by atoms with Crippen molar-refractivity contribution in [2.24, 2.45) is 17.1 Å². The fourth-order valence-electron chi connectivity index (χ4n) is 2.38. The van der Waals surface area contributed by atoms with Crippen molar-refractivity contribution in [1.29, 1.82) is 0 Å². The van der Waals surface area contributed by atoms with Crippen LogP contribution in [0.1, 0.15) is 24.8 Å². The number of benzene rings is 1. The van der Waals surface area contributed by atoms with Gasteiger partial charge in [0.25, 0.3) is 0 Å². The largest absolute Gasteiger partial charge is 0.396 e. The molecule has 1 aliphatic carbocycles. The van der Waals surface area contributed by atoms with Gasteiger partial charge in [0.1, 0.15) is 0 Å². The summed E-state index contributed by atoms with van der Waals surface area (Å²) in [7, 11) is 0. The second-order valence-electron chi connectivity index (χ2n) is 5.17. The van der Waals surface area contributed by atoms with Gasteiger partial charge in [-0.05, 0) is 24.3 Å². The maximum absolute atomic E-state index is 9.63. The fourth-order valence-corrected chi connectivity index (χ4v) is 2.38. The van der Waals surface area contributed by atoms with Crippen LogP contribution in [0.4, 0.5) is 0 Å². The van der Waals surface area contributed by atoms with Crippen LogP contribution in [0.3, 0.4) is 0 Å². The number of hydrogen-bond donors (Lipinski definition) is 2. The molecule has 1 aromatic rings. The highest BCUT2D eigenvalue weighted by molar-refractivity contribution is 5.17. The number of hydrogen-bond acceptors (Lipinski definition) is 2. The van der Waals surface area contributed by atoms with Gasteiger partial charge in [-0.3, -0.25) is 0 Å². The second-order valence-corrected chi connectivity index (χ2v) is 5.17. The Morgan fingerprint density at radius 1 is 1.25 bits per heavy atom. The first kappa shape index (κ1) is 11.6. The van der Waals surface area contributed by atoms with Crippen molar-refractivity contribution in [2.45, 2.75) is 25.7 Å². The summed E-state index contributed by atoms with van der Waals surface area (Å²) in [5, 5.41) is 9.63. The molecular formula is C14H21NO. The fraction of sp³-hybridized carbons (Fsp3) is 0.571. The Labute approximate surface area is 97.5 Å². The standard InChI is InChI=1S/C14H21NO/c15-10-14(11-16,9-13-6-7-13)8-12-4-2-1-3-5-12/h1-5,13,16H,6-11,15H2. The van der Waals surface area contributed by atoms with Crippen LogP contribution in [0.2, 0.25) is 0 Å². The zero-order valence-electron chi connectivity index (χ0n) is 9.73. The van der Waals surface area contributed by atoms with Crippen molar-refractivity contribution in [3.05, 3.63) is 35.9 Å². The van der Waals surface area contributed by atoms with E-state index in [0.29, 0.717) is 6.54 Å². The highest BCUT2D eigenvalue weighted by Crippen LogP contribution is 2.41. The molecule has 2 heteroatoms. The van der Waals surface area contributed by atoms with Gasteiger partial charge in [0, 0.05) is 12.0 Å². The summed E-state index contributed by atoms with van der Waals surface area (Å²) in [6.07, 6.45) is 4.61. The molecule has 3 N–H and O–H groups in total. The minimum atomic E-state index is -0.0947. The highest BCUT2D eigenvalue weighted by Gasteiger charge is 2.35. The minimum Gasteiger partial charge on any atom is -0.396 e. The van der Waals surface area contributed by atoms with Crippen LogP contribution in [-0.2, 0) is 6.42 Å². The number of rotatable bonds is 6. The Morgan fingerprint density at radius 2 is 1.94 bits per heavy atom. The minimum absolute atomic E-state index is 0.0947. The molecule has 88 valence electrons. The van der Waals surface area contributed by atoms with Crippen LogP contribution in [0, 0.1) is 11.3 Å². The van der Waals surface area contributed by atoms with Gasteiger partial charge in [-0.15, -0.1) is 0 Å². The lowest BCUT2D eigenvalue weighted by molar-refractivity contribution is 0.115. The van der Waals surface area contributed by atoms with Crippen molar-refractivity contribution in [3.63, 3.8) is 0 Å². The Morgan fingerprint density at radius 3 is 2.44 bits per heavy atom. The van der Waals surface area contributed by atoms with Gasteiger partial charge in [0.15, 0.2) is 0 Å². The average molecular weight is 219 g/mol. The van der Waals surface area contributed by atoms with Gasteiger partial charge in [-0.2, -0.15) is 0 Å². The van der Waals surface area contributed by atoms with Crippen LogP contribution in [0.5, 0.6) is 0 Å². The molecule has 1 unspecified atom stereocenters. The van der Waals surface area contributed by atoms with E-state index in [9.17, 15) is 5.11 Å². The van der Waals surface area contributed by atoms with E-state index in [0.717, 1.165) is 18.8 Å². The molecule has 0 heterocycles. The number of aliphatic hydroxyl groups excluding tert-OH is 1. The third kappa shape index (κ3) is 2.83. The molecule has 0 amide bonds. The first-order chi connectivity index (χ1) is 7.78. The summed E-state index contributed by atoms with van der Waals surface area (Å²) in [6, 6.07) is 10.4. The molecule has 16 heavy (non-hydrogen) atoms. The molecule has 0 bridgehead atoms. The Bertz CT molecular complexity index is 315. The summed E-state index contributed by atoms with van der Waals surface area (Å²) >= 11 is 0. The number of nitrogens with two attached hydrogens (primary N) is 1. The van der Waals surface area contributed by atoms with Crippen molar-refractivity contribution < 1.29 is 5.11 Å². The van der Waals surface area contributed by atoms with Crippen LogP contribution in [0.25, 0.3) is 0 Å². The van der Waals surface area contributed by atoms with E-state index in [1.54, 1.807) is 0 Å². The van der Waals surface area contributed by atoms with Crippen LogP contribution >= 0.6 is 0 Å². The maximum Gasteiger partial charge on any atom is 0.0502 e. The molecule has 0 spiro atoms. The van der Waals surface area contributed by atoms with E-state index < -0.39 is 0 Å². The van der Waals surface area contributed by atoms with Crippen LogP contribution in [-0.4, -0.2) is 18.3 Å². The lowest BCUT2D eigenvalue weighted by Gasteiger charge is -2.30. The molecule has 0 aliphatic heterocycles. The second kappa shape index (κ2) is 4.98. The van der Waals surface area contributed by atoms with Crippen molar-refractivity contribution in [1.82, 2.24) is 0 Å². The predicted molar refractivity (Wildman–Crippen MR) is 66.1 cm³/mol. The zero-order valence-corrected chi connectivity index (χ0v) is 9.73. The molecule has 1 fully saturated rings. The first-order valence-corrected chi connectivity index (χ1v) is 6.13. The van der Waals surface area contributed by atoms with Gasteiger partial charge in [0.2, 0.25) is 0 Å². The number of aliphatic hydroxyl groups is 1. The van der Waals surface area contributed by atoms with Gasteiger partial charge in [-0.25, -0.2) is 0 Å². The van der Waals surface area contributed by atoms with Gasteiger partial charge < -0.3 is 10.8 Å². The summed E-state index contributed by atoms with van der Waals surface area (Å²) in [5.41, 5.74) is 7.07. The first-order valence-electron chi connectivity index (χ1n) is 6.13. The molecule has 1 atom stereocenters. The molecule has 1 saturated carbocycles. The molecule has 0 saturated heterocycles. The van der Waals surface area contributed by atoms with E-state index >= 15 is 0 Å². The van der Waals surface area contributed by atoms with E-state index in [-0.39, 0.29) is 12.0 Å². The summed E-state index contributed by atoms with van der Waals surface area (Å²) < 4.78 is 0. The molecule has 2 rings (SSSR count). The normalized spacial score (nSPS) is 19.4. The molecule has 1 aromatic carbocycles. The van der Waals surface area contributed by atoms with Crippen molar-refractivity contribution >= 4 is 0 Å². The highest BCUT2D eigenvalue weighted by atomic mass is 16.3. The summed E-state index contributed by atoms with van der Waals surface area (Å²) in [4.78, 5) is 0. The van der Waals surface area contributed by atoms with E-state index in [2.05, 4.69) is 12.1 Å². The molecular weight excluding hydrogens is 198 g/mol. The average Bonchev–Trinajstić information content (AvgIpc) is 3.13.